The van der Waals surface area contributed by atoms with Gasteiger partial charge in [-0.2, -0.15) is 13.2 Å². The summed E-state index contributed by atoms with van der Waals surface area (Å²) in [5.41, 5.74) is -0.120. The van der Waals surface area contributed by atoms with E-state index in [1.165, 1.54) is 37.5 Å². The summed E-state index contributed by atoms with van der Waals surface area (Å²) in [6.45, 7) is -0.619. The van der Waals surface area contributed by atoms with Crippen LogP contribution in [0.3, 0.4) is 0 Å². The molecule has 6 nitrogen and oxygen atoms in total. The van der Waals surface area contributed by atoms with Crippen molar-refractivity contribution < 1.29 is 37.0 Å². The average molecular weight is 407 g/mol. The summed E-state index contributed by atoms with van der Waals surface area (Å²) in [5, 5.41) is 2.43. The van der Waals surface area contributed by atoms with E-state index >= 15 is 0 Å². The second-order valence-corrected chi connectivity index (χ2v) is 5.65. The highest BCUT2D eigenvalue weighted by atomic mass is 19.4. The highest BCUT2D eigenvalue weighted by molar-refractivity contribution is 6.02. The van der Waals surface area contributed by atoms with Crippen molar-refractivity contribution in [2.24, 2.45) is 0 Å². The van der Waals surface area contributed by atoms with E-state index in [4.69, 9.17) is 4.74 Å². The number of carbonyl (C=O) groups excluding carboxylic acids is 3. The standard InChI is InChI=1S/C20H16F3NO5/c1-28-19(27)15-4-2-3-5-16(15)24-17(25)12-29-18(26)11-8-13-6-9-14(10-7-13)20(21,22)23/h2-11H,12H2,1H3,(H,24,25)/b11-8+. The van der Waals surface area contributed by atoms with Crippen LogP contribution >= 0.6 is 0 Å². The smallest absolute Gasteiger partial charge is 0.416 e. The molecule has 0 aliphatic heterocycles. The average Bonchev–Trinajstić information content (AvgIpc) is 2.70. The molecule has 1 N–H and O–H groups in total. The summed E-state index contributed by atoms with van der Waals surface area (Å²) in [5.74, 6) is -2.18. The number of esters is 2. The number of benzene rings is 2. The Hall–Kier alpha value is -3.62. The Kier molecular flexibility index (Phi) is 7.13. The number of carbonyl (C=O) groups is 3. The van der Waals surface area contributed by atoms with Gasteiger partial charge in [0, 0.05) is 6.08 Å². The van der Waals surface area contributed by atoms with Crippen molar-refractivity contribution in [2.75, 3.05) is 19.0 Å². The quantitative estimate of drug-likeness (QED) is 0.584. The van der Waals surface area contributed by atoms with E-state index in [0.29, 0.717) is 5.56 Å². The third kappa shape index (κ3) is 6.49. The second-order valence-electron chi connectivity index (χ2n) is 5.65. The van der Waals surface area contributed by atoms with Crippen LogP contribution in [0.2, 0.25) is 0 Å². The summed E-state index contributed by atoms with van der Waals surface area (Å²) in [4.78, 5) is 35.2. The molecule has 0 radical (unpaired) electrons. The number of para-hydroxylation sites is 1. The Bertz CT molecular complexity index is 920. The molecule has 0 aliphatic carbocycles. The maximum atomic E-state index is 12.5. The van der Waals surface area contributed by atoms with Crippen molar-refractivity contribution in [3.63, 3.8) is 0 Å². The summed E-state index contributed by atoms with van der Waals surface area (Å²) in [7, 11) is 1.20. The fourth-order valence-corrected chi connectivity index (χ4v) is 2.20. The largest absolute Gasteiger partial charge is 0.465 e. The van der Waals surface area contributed by atoms with E-state index < -0.39 is 36.2 Å². The predicted octanol–water partition coefficient (Wildman–Crippen LogP) is 3.69. The van der Waals surface area contributed by atoms with Crippen LogP contribution in [0.4, 0.5) is 18.9 Å². The molecule has 0 heterocycles. The first-order valence-corrected chi connectivity index (χ1v) is 8.20. The SMILES string of the molecule is COC(=O)c1ccccc1NC(=O)COC(=O)/C=C/c1ccc(C(F)(F)F)cc1. The molecule has 0 saturated carbocycles. The summed E-state index contributed by atoms with van der Waals surface area (Å²) >= 11 is 0. The number of ether oxygens (including phenoxy) is 2. The van der Waals surface area contributed by atoms with E-state index in [2.05, 4.69) is 10.1 Å². The van der Waals surface area contributed by atoms with E-state index in [-0.39, 0.29) is 11.3 Å². The van der Waals surface area contributed by atoms with E-state index in [1.807, 2.05) is 0 Å². The van der Waals surface area contributed by atoms with Gasteiger partial charge in [0.1, 0.15) is 0 Å². The predicted molar refractivity (Wildman–Crippen MR) is 97.8 cm³/mol. The molecule has 0 bridgehead atoms. The molecule has 0 atom stereocenters. The van der Waals surface area contributed by atoms with Gasteiger partial charge in [-0.3, -0.25) is 4.79 Å². The number of hydrogen-bond donors (Lipinski definition) is 1. The maximum absolute atomic E-state index is 12.5. The van der Waals surface area contributed by atoms with Gasteiger partial charge in [0.25, 0.3) is 5.91 Å². The lowest BCUT2D eigenvalue weighted by Gasteiger charge is -2.09. The van der Waals surface area contributed by atoms with Gasteiger partial charge < -0.3 is 14.8 Å². The van der Waals surface area contributed by atoms with Crippen molar-refractivity contribution in [1.82, 2.24) is 0 Å². The first-order chi connectivity index (χ1) is 13.7. The van der Waals surface area contributed by atoms with E-state index in [9.17, 15) is 27.6 Å². The van der Waals surface area contributed by atoms with E-state index in [1.54, 1.807) is 12.1 Å². The molecule has 0 spiro atoms. The molecule has 2 aromatic carbocycles. The first-order valence-electron chi connectivity index (χ1n) is 8.20. The van der Waals surface area contributed by atoms with Gasteiger partial charge in [-0.05, 0) is 35.9 Å². The Labute approximate surface area is 163 Å². The lowest BCUT2D eigenvalue weighted by molar-refractivity contribution is -0.142. The lowest BCUT2D eigenvalue weighted by atomic mass is 10.1. The number of alkyl halides is 3. The Morgan fingerprint density at radius 3 is 2.31 bits per heavy atom. The fourth-order valence-electron chi connectivity index (χ4n) is 2.20. The highest BCUT2D eigenvalue weighted by Gasteiger charge is 2.29. The molecule has 2 rings (SSSR count). The number of methoxy groups -OCH3 is 1. The topological polar surface area (TPSA) is 81.7 Å². The monoisotopic (exact) mass is 407 g/mol. The lowest BCUT2D eigenvalue weighted by Crippen LogP contribution is -2.21. The van der Waals surface area contributed by atoms with Crippen LogP contribution < -0.4 is 5.32 Å². The van der Waals surface area contributed by atoms with Crippen molar-refractivity contribution in [1.29, 1.82) is 0 Å². The van der Waals surface area contributed by atoms with E-state index in [0.717, 1.165) is 18.2 Å². The van der Waals surface area contributed by atoms with Crippen molar-refractivity contribution in [3.8, 4) is 0 Å². The Balaban J connectivity index is 1.88. The highest BCUT2D eigenvalue weighted by Crippen LogP contribution is 2.29. The molecule has 0 unspecified atom stereocenters. The molecule has 0 fully saturated rings. The van der Waals surface area contributed by atoms with Crippen LogP contribution in [0.5, 0.6) is 0 Å². The molecule has 29 heavy (non-hydrogen) atoms. The van der Waals surface area contributed by atoms with Crippen LogP contribution in [0.1, 0.15) is 21.5 Å². The number of hydrogen-bond acceptors (Lipinski definition) is 5. The molecule has 2 aromatic rings. The number of halogens is 3. The van der Waals surface area contributed by atoms with Gasteiger partial charge in [-0.1, -0.05) is 24.3 Å². The van der Waals surface area contributed by atoms with Gasteiger partial charge in [0.15, 0.2) is 6.61 Å². The van der Waals surface area contributed by atoms with Gasteiger partial charge >= 0.3 is 18.1 Å². The minimum Gasteiger partial charge on any atom is -0.465 e. The molecule has 0 saturated heterocycles. The third-order valence-corrected chi connectivity index (χ3v) is 3.60. The molecule has 0 aromatic heterocycles. The number of rotatable bonds is 6. The molecular weight excluding hydrogens is 391 g/mol. The van der Waals surface area contributed by atoms with Gasteiger partial charge in [-0.25, -0.2) is 9.59 Å². The zero-order chi connectivity index (χ0) is 21.4. The van der Waals surface area contributed by atoms with Gasteiger partial charge in [0.05, 0.1) is 23.9 Å². The van der Waals surface area contributed by atoms with Crippen molar-refractivity contribution in [3.05, 3.63) is 71.3 Å². The molecule has 9 heteroatoms. The molecule has 0 aliphatic rings. The zero-order valence-corrected chi connectivity index (χ0v) is 15.2. The molecule has 1 amide bonds. The van der Waals surface area contributed by atoms with Crippen LogP contribution in [0.25, 0.3) is 6.08 Å². The van der Waals surface area contributed by atoms with Crippen molar-refractivity contribution in [2.45, 2.75) is 6.18 Å². The summed E-state index contributed by atoms with van der Waals surface area (Å²) < 4.78 is 46.9. The Morgan fingerprint density at radius 2 is 1.69 bits per heavy atom. The van der Waals surface area contributed by atoms with Gasteiger partial charge in [-0.15, -0.1) is 0 Å². The minimum absolute atomic E-state index is 0.136. The van der Waals surface area contributed by atoms with Gasteiger partial charge in [0.2, 0.25) is 0 Å². The zero-order valence-electron chi connectivity index (χ0n) is 15.2. The summed E-state index contributed by atoms with van der Waals surface area (Å²) in [6.07, 6.45) is -2.20. The Morgan fingerprint density at radius 1 is 1.03 bits per heavy atom. The van der Waals surface area contributed by atoms with Crippen LogP contribution in [-0.2, 0) is 25.2 Å². The van der Waals surface area contributed by atoms with Crippen LogP contribution in [0.15, 0.2) is 54.6 Å². The number of amides is 1. The minimum atomic E-state index is -4.44. The number of anilines is 1. The van der Waals surface area contributed by atoms with Crippen LogP contribution in [-0.4, -0.2) is 31.6 Å². The fraction of sp³-hybridized carbons (Fsp3) is 0.150. The second kappa shape index (κ2) is 9.54. The normalized spacial score (nSPS) is 11.2. The third-order valence-electron chi connectivity index (χ3n) is 3.60. The van der Waals surface area contributed by atoms with Crippen molar-refractivity contribution >= 4 is 29.6 Å². The maximum Gasteiger partial charge on any atom is 0.416 e. The first kappa shape index (κ1) is 21.7. The number of nitrogens with one attached hydrogen (secondary N) is 1. The van der Waals surface area contributed by atoms with Crippen LogP contribution in [0, 0.1) is 0 Å². The molecule has 152 valence electrons. The molecular formula is C20H16F3NO5. The summed E-state index contributed by atoms with van der Waals surface area (Å²) in [6, 6.07) is 10.3.